The second-order valence-corrected chi connectivity index (χ2v) is 7.73. The third kappa shape index (κ3) is 4.27. The van der Waals surface area contributed by atoms with Crippen molar-refractivity contribution >= 4 is 22.5 Å². The van der Waals surface area contributed by atoms with Gasteiger partial charge in [-0.15, -0.1) is 0 Å². The molecule has 8 nitrogen and oxygen atoms in total. The molecule has 3 heterocycles. The third-order valence-corrected chi connectivity index (χ3v) is 5.55. The van der Waals surface area contributed by atoms with Crippen molar-refractivity contribution in [2.45, 2.75) is 6.54 Å². The Balaban J connectivity index is 1.58. The van der Waals surface area contributed by atoms with Crippen LogP contribution in [-0.2, 0) is 11.3 Å². The van der Waals surface area contributed by atoms with Gasteiger partial charge in [-0.25, -0.2) is 14.1 Å². The lowest BCUT2D eigenvalue weighted by Crippen LogP contribution is -2.36. The number of methoxy groups -OCH3 is 1. The van der Waals surface area contributed by atoms with Gasteiger partial charge in [-0.3, -0.25) is 0 Å². The fourth-order valence-corrected chi connectivity index (χ4v) is 3.87. The normalized spacial score (nSPS) is 13.9. The monoisotopic (exact) mass is 449 g/mol. The Hall–Kier alpha value is -3.85. The number of fused-ring (bicyclic) bond motifs is 1. The van der Waals surface area contributed by atoms with Crippen LogP contribution in [0.2, 0.25) is 0 Å². The Morgan fingerprint density at radius 2 is 1.85 bits per heavy atom. The van der Waals surface area contributed by atoms with Crippen LogP contribution in [0.4, 0.5) is 15.9 Å². The summed E-state index contributed by atoms with van der Waals surface area (Å²) in [5.74, 6) is 1.57. The summed E-state index contributed by atoms with van der Waals surface area (Å²) in [4.78, 5) is 6.73. The van der Waals surface area contributed by atoms with E-state index >= 15 is 0 Å². The number of pyridine rings is 1. The van der Waals surface area contributed by atoms with Gasteiger partial charge in [-0.1, -0.05) is 12.1 Å². The van der Waals surface area contributed by atoms with E-state index in [2.05, 4.69) is 9.88 Å². The Morgan fingerprint density at radius 1 is 1.06 bits per heavy atom. The molecular formula is C24H24FN5O3. The van der Waals surface area contributed by atoms with Crippen LogP contribution >= 0.6 is 0 Å². The number of morpholine rings is 1. The van der Waals surface area contributed by atoms with Gasteiger partial charge in [-0.2, -0.15) is 5.10 Å². The molecule has 0 spiro atoms. The number of hydrogen-bond donors (Lipinski definition) is 1. The highest BCUT2D eigenvalue weighted by Gasteiger charge is 2.24. The first kappa shape index (κ1) is 21.0. The lowest BCUT2D eigenvalue weighted by molar-refractivity contribution is 0.122. The van der Waals surface area contributed by atoms with Crippen molar-refractivity contribution in [2.75, 3.05) is 44.0 Å². The molecule has 1 aliphatic rings. The molecule has 1 fully saturated rings. The first-order valence-electron chi connectivity index (χ1n) is 10.7. The number of nitrogen functional groups attached to an aromatic ring is 1. The first-order chi connectivity index (χ1) is 16.1. The van der Waals surface area contributed by atoms with E-state index in [0.717, 1.165) is 22.5 Å². The number of nitrogens with zero attached hydrogens (tertiary/aromatic N) is 4. The van der Waals surface area contributed by atoms with Crippen molar-refractivity contribution in [1.82, 2.24) is 14.8 Å². The fraction of sp³-hybridized carbons (Fsp3) is 0.250. The van der Waals surface area contributed by atoms with Crippen molar-refractivity contribution in [3.8, 4) is 17.2 Å². The van der Waals surface area contributed by atoms with Gasteiger partial charge in [0.05, 0.1) is 26.9 Å². The van der Waals surface area contributed by atoms with Crippen LogP contribution in [-0.4, -0.2) is 48.2 Å². The average Bonchev–Trinajstić information content (AvgIpc) is 3.21. The molecule has 33 heavy (non-hydrogen) atoms. The Labute approximate surface area is 190 Å². The van der Waals surface area contributed by atoms with E-state index in [0.29, 0.717) is 49.9 Å². The van der Waals surface area contributed by atoms with Gasteiger partial charge in [0.2, 0.25) is 0 Å². The Morgan fingerprint density at radius 3 is 2.58 bits per heavy atom. The first-order valence-corrected chi connectivity index (χ1v) is 10.7. The molecular weight excluding hydrogens is 425 g/mol. The van der Waals surface area contributed by atoms with Crippen molar-refractivity contribution < 1.29 is 18.6 Å². The van der Waals surface area contributed by atoms with E-state index in [9.17, 15) is 4.39 Å². The number of hydrogen-bond acceptors (Lipinski definition) is 7. The van der Waals surface area contributed by atoms with Crippen LogP contribution in [0.5, 0.6) is 17.2 Å². The zero-order valence-corrected chi connectivity index (χ0v) is 18.2. The van der Waals surface area contributed by atoms with Crippen LogP contribution in [0, 0.1) is 5.82 Å². The highest BCUT2D eigenvalue weighted by Crippen LogP contribution is 2.37. The quantitative estimate of drug-likeness (QED) is 0.448. The van der Waals surface area contributed by atoms with Gasteiger partial charge in [-0.05, 0) is 29.8 Å². The van der Waals surface area contributed by atoms with Gasteiger partial charge < -0.3 is 24.8 Å². The number of ether oxygens (including phenoxy) is 3. The van der Waals surface area contributed by atoms with Gasteiger partial charge in [0, 0.05) is 37.1 Å². The second kappa shape index (κ2) is 8.95. The van der Waals surface area contributed by atoms with Crippen LogP contribution in [0.3, 0.4) is 0 Å². The molecule has 2 N–H and O–H groups in total. The molecule has 0 radical (unpaired) electrons. The fourth-order valence-electron chi connectivity index (χ4n) is 3.87. The van der Waals surface area contributed by atoms with Gasteiger partial charge >= 0.3 is 0 Å². The SMILES string of the molecule is COc1ccc(Cn2nc(N3CCOCC3)c3c(Oc4ccc(N)cc4F)ccnc32)cc1. The molecule has 0 atom stereocenters. The highest BCUT2D eigenvalue weighted by atomic mass is 19.1. The smallest absolute Gasteiger partial charge is 0.167 e. The molecule has 0 amide bonds. The van der Waals surface area contributed by atoms with Crippen LogP contribution in [0.15, 0.2) is 54.7 Å². The minimum absolute atomic E-state index is 0.0903. The van der Waals surface area contributed by atoms with E-state index in [4.69, 9.17) is 25.0 Å². The van der Waals surface area contributed by atoms with Crippen LogP contribution in [0.1, 0.15) is 5.56 Å². The molecule has 5 rings (SSSR count). The maximum absolute atomic E-state index is 14.5. The summed E-state index contributed by atoms with van der Waals surface area (Å²) in [7, 11) is 1.64. The van der Waals surface area contributed by atoms with E-state index in [1.807, 2.05) is 28.9 Å². The molecule has 0 bridgehead atoms. The number of nitrogens with two attached hydrogens (primary N) is 1. The molecule has 2 aromatic heterocycles. The molecule has 2 aromatic carbocycles. The zero-order valence-electron chi connectivity index (χ0n) is 18.2. The molecule has 1 saturated heterocycles. The minimum atomic E-state index is -0.529. The van der Waals surface area contributed by atoms with E-state index in [1.54, 1.807) is 25.4 Å². The van der Waals surface area contributed by atoms with Crippen LogP contribution < -0.4 is 20.1 Å². The summed E-state index contributed by atoms with van der Waals surface area (Å²) >= 11 is 0. The largest absolute Gasteiger partial charge is 0.497 e. The molecule has 0 unspecified atom stereocenters. The number of rotatable bonds is 6. The zero-order chi connectivity index (χ0) is 22.8. The summed E-state index contributed by atoms with van der Waals surface area (Å²) in [5.41, 5.74) is 7.72. The maximum Gasteiger partial charge on any atom is 0.167 e. The number of halogens is 1. The molecule has 4 aromatic rings. The minimum Gasteiger partial charge on any atom is -0.497 e. The lowest BCUT2D eigenvalue weighted by atomic mass is 10.2. The van der Waals surface area contributed by atoms with Crippen molar-refractivity contribution in [1.29, 1.82) is 0 Å². The Bertz CT molecular complexity index is 1270. The Kier molecular flexibility index (Phi) is 5.70. The van der Waals surface area contributed by atoms with Crippen molar-refractivity contribution in [2.24, 2.45) is 0 Å². The van der Waals surface area contributed by atoms with Gasteiger partial charge in [0.25, 0.3) is 0 Å². The third-order valence-electron chi connectivity index (χ3n) is 5.55. The molecule has 9 heteroatoms. The van der Waals surface area contributed by atoms with E-state index < -0.39 is 5.82 Å². The predicted octanol–water partition coefficient (Wildman–Crippen LogP) is 3.84. The average molecular weight is 449 g/mol. The summed E-state index contributed by atoms with van der Waals surface area (Å²) in [6, 6.07) is 13.9. The summed E-state index contributed by atoms with van der Waals surface area (Å²) < 4.78 is 33.1. The van der Waals surface area contributed by atoms with Gasteiger partial charge in [0.15, 0.2) is 23.0 Å². The van der Waals surface area contributed by atoms with Crippen LogP contribution in [0.25, 0.3) is 11.0 Å². The van der Waals surface area contributed by atoms with E-state index in [-0.39, 0.29) is 5.75 Å². The van der Waals surface area contributed by atoms with Gasteiger partial charge in [0.1, 0.15) is 16.9 Å². The van der Waals surface area contributed by atoms with Crippen molar-refractivity contribution in [3.05, 3.63) is 66.1 Å². The summed E-state index contributed by atoms with van der Waals surface area (Å²) in [6.07, 6.45) is 1.64. The molecule has 170 valence electrons. The summed E-state index contributed by atoms with van der Waals surface area (Å²) in [6.45, 7) is 3.11. The van der Waals surface area contributed by atoms with Crippen molar-refractivity contribution in [3.63, 3.8) is 0 Å². The topological polar surface area (TPSA) is 87.7 Å². The molecule has 0 saturated carbocycles. The standard InChI is InChI=1S/C24H24FN5O3/c1-31-18-5-2-16(3-6-18)15-30-23-22(24(28-30)29-10-12-32-13-11-29)21(8-9-27-23)33-20-7-4-17(26)14-19(20)25/h2-9,14H,10-13,15,26H2,1H3. The number of benzene rings is 2. The highest BCUT2D eigenvalue weighted by molar-refractivity contribution is 5.94. The number of aromatic nitrogens is 3. The second-order valence-electron chi connectivity index (χ2n) is 7.73. The predicted molar refractivity (Wildman–Crippen MR) is 124 cm³/mol. The molecule has 1 aliphatic heterocycles. The lowest BCUT2D eigenvalue weighted by Gasteiger charge is -2.27. The molecule has 0 aliphatic carbocycles. The summed E-state index contributed by atoms with van der Waals surface area (Å²) in [5, 5.41) is 5.62. The number of anilines is 2. The maximum atomic E-state index is 14.5. The van der Waals surface area contributed by atoms with E-state index in [1.165, 1.54) is 12.1 Å².